The molecule has 6 nitrogen and oxygen atoms in total. The lowest BCUT2D eigenvalue weighted by Gasteiger charge is -2.35. The van der Waals surface area contributed by atoms with Gasteiger partial charge in [0.1, 0.15) is 11.6 Å². The first-order chi connectivity index (χ1) is 15.0. The van der Waals surface area contributed by atoms with Crippen molar-refractivity contribution in [2.24, 2.45) is 0 Å². The summed E-state index contributed by atoms with van der Waals surface area (Å²) in [4.78, 5) is 31.1. The molecule has 0 aromatic heterocycles. The normalized spacial score (nSPS) is 14.4. The molecule has 31 heavy (non-hydrogen) atoms. The van der Waals surface area contributed by atoms with E-state index < -0.39 is 0 Å². The third-order valence-corrected chi connectivity index (χ3v) is 5.62. The molecule has 1 heterocycles. The van der Waals surface area contributed by atoms with Gasteiger partial charge in [-0.2, -0.15) is 0 Å². The molecular weight excluding hydrogens is 397 g/mol. The molecule has 2 amide bonds. The summed E-state index contributed by atoms with van der Waals surface area (Å²) in [5.74, 6) is 0.511. The van der Waals surface area contributed by atoms with E-state index in [9.17, 15) is 14.0 Å². The van der Waals surface area contributed by atoms with E-state index in [0.29, 0.717) is 30.8 Å². The Bertz CT molecular complexity index is 863. The Balaban J connectivity index is 1.66. The topological polar surface area (TPSA) is 53.1 Å². The average Bonchev–Trinajstić information content (AvgIpc) is 2.82. The number of carbonyl (C=O) groups excluding carboxylic acids is 2. The van der Waals surface area contributed by atoms with Crippen LogP contribution in [0.3, 0.4) is 0 Å². The Labute approximate surface area is 183 Å². The Hall–Kier alpha value is -2.93. The number of piperazine rings is 1. The predicted molar refractivity (Wildman–Crippen MR) is 117 cm³/mol. The second-order valence-corrected chi connectivity index (χ2v) is 7.66. The van der Waals surface area contributed by atoms with Gasteiger partial charge in [0.25, 0.3) is 5.91 Å². The summed E-state index contributed by atoms with van der Waals surface area (Å²) in [5, 5.41) is 0. The minimum absolute atomic E-state index is 0.0771. The number of methoxy groups -OCH3 is 1. The molecule has 0 N–H and O–H groups in total. The maximum absolute atomic E-state index is 13.3. The van der Waals surface area contributed by atoms with Crippen LogP contribution in [0.2, 0.25) is 0 Å². The molecule has 2 aromatic rings. The first kappa shape index (κ1) is 22.7. The number of benzene rings is 2. The molecule has 1 fully saturated rings. The summed E-state index contributed by atoms with van der Waals surface area (Å²) >= 11 is 0. The average molecular weight is 428 g/mol. The number of halogens is 1. The van der Waals surface area contributed by atoms with Gasteiger partial charge in [0.05, 0.1) is 7.11 Å². The molecule has 0 saturated carbocycles. The number of ether oxygens (including phenoxy) is 1. The van der Waals surface area contributed by atoms with Gasteiger partial charge in [0.15, 0.2) is 0 Å². The lowest BCUT2D eigenvalue weighted by Crippen LogP contribution is -2.50. The zero-order valence-electron chi connectivity index (χ0n) is 18.2. The number of carbonyl (C=O) groups is 2. The highest BCUT2D eigenvalue weighted by molar-refractivity contribution is 5.94. The summed E-state index contributed by atoms with van der Waals surface area (Å²) in [6, 6.07) is 13.3. The van der Waals surface area contributed by atoms with Crippen LogP contribution in [0.4, 0.5) is 4.39 Å². The highest BCUT2D eigenvalue weighted by Gasteiger charge is 2.22. The zero-order chi connectivity index (χ0) is 22.2. The minimum Gasteiger partial charge on any atom is -0.497 e. The first-order valence-corrected chi connectivity index (χ1v) is 10.7. The van der Waals surface area contributed by atoms with Crippen LogP contribution >= 0.6 is 0 Å². The lowest BCUT2D eigenvalue weighted by molar-refractivity contribution is -0.132. The molecule has 0 radical (unpaired) electrons. The van der Waals surface area contributed by atoms with Crippen molar-refractivity contribution < 1.29 is 18.7 Å². The molecule has 3 rings (SSSR count). The maximum Gasteiger partial charge on any atom is 0.254 e. The fourth-order valence-electron chi connectivity index (χ4n) is 3.69. The minimum atomic E-state index is -0.295. The fourth-order valence-corrected chi connectivity index (χ4v) is 3.69. The second kappa shape index (κ2) is 10.9. The van der Waals surface area contributed by atoms with Crippen molar-refractivity contribution in [3.63, 3.8) is 0 Å². The maximum atomic E-state index is 13.3. The van der Waals surface area contributed by atoms with E-state index in [4.69, 9.17) is 4.74 Å². The van der Waals surface area contributed by atoms with Crippen molar-refractivity contribution in [3.05, 3.63) is 65.5 Å². The first-order valence-electron chi connectivity index (χ1n) is 10.7. The highest BCUT2D eigenvalue weighted by Crippen LogP contribution is 2.16. The molecule has 0 bridgehead atoms. The van der Waals surface area contributed by atoms with Crippen LogP contribution in [0.1, 0.15) is 29.3 Å². The molecule has 2 aromatic carbocycles. The Morgan fingerprint density at radius 1 is 1.00 bits per heavy atom. The standard InChI is InChI=1S/C24H30FN3O3/c1-3-23(29)27-15-12-26(13-16-27)14-17-28(18-19-4-8-21(25)9-5-19)24(30)20-6-10-22(31-2)11-7-20/h4-11H,3,12-18H2,1-2H3. The van der Waals surface area contributed by atoms with Crippen molar-refractivity contribution in [2.45, 2.75) is 19.9 Å². The molecule has 7 heteroatoms. The van der Waals surface area contributed by atoms with E-state index in [-0.39, 0.29) is 17.6 Å². The van der Waals surface area contributed by atoms with E-state index in [0.717, 1.165) is 38.3 Å². The van der Waals surface area contributed by atoms with Crippen molar-refractivity contribution in [1.29, 1.82) is 0 Å². The van der Waals surface area contributed by atoms with Gasteiger partial charge < -0.3 is 14.5 Å². The largest absolute Gasteiger partial charge is 0.497 e. The molecule has 1 aliphatic rings. The van der Waals surface area contributed by atoms with Crippen LogP contribution in [-0.4, -0.2) is 72.9 Å². The smallest absolute Gasteiger partial charge is 0.254 e. The van der Waals surface area contributed by atoms with Crippen molar-refractivity contribution >= 4 is 11.8 Å². The molecule has 0 atom stereocenters. The van der Waals surface area contributed by atoms with Gasteiger partial charge in [-0.25, -0.2) is 4.39 Å². The van der Waals surface area contributed by atoms with Crippen LogP contribution in [0.5, 0.6) is 5.75 Å². The summed E-state index contributed by atoms with van der Waals surface area (Å²) in [7, 11) is 1.59. The van der Waals surface area contributed by atoms with Crippen LogP contribution in [0.25, 0.3) is 0 Å². The molecule has 166 valence electrons. The SMILES string of the molecule is CCC(=O)N1CCN(CCN(Cc2ccc(F)cc2)C(=O)c2ccc(OC)cc2)CC1. The molecular formula is C24H30FN3O3. The van der Waals surface area contributed by atoms with Crippen molar-refractivity contribution in [3.8, 4) is 5.75 Å². The quantitative estimate of drug-likeness (QED) is 0.650. The highest BCUT2D eigenvalue weighted by atomic mass is 19.1. The third kappa shape index (κ3) is 6.28. The van der Waals surface area contributed by atoms with E-state index in [1.165, 1.54) is 12.1 Å². The van der Waals surface area contributed by atoms with Gasteiger partial charge in [-0.3, -0.25) is 14.5 Å². The number of hydrogen-bond acceptors (Lipinski definition) is 4. The van der Waals surface area contributed by atoms with E-state index in [1.807, 2.05) is 11.8 Å². The predicted octanol–water partition coefficient (Wildman–Crippen LogP) is 3.03. The van der Waals surface area contributed by atoms with Crippen LogP contribution in [-0.2, 0) is 11.3 Å². The number of rotatable bonds is 8. The summed E-state index contributed by atoms with van der Waals surface area (Å²) in [6.45, 7) is 6.58. The van der Waals surface area contributed by atoms with Gasteiger partial charge in [0, 0.05) is 57.8 Å². The second-order valence-electron chi connectivity index (χ2n) is 7.66. The zero-order valence-corrected chi connectivity index (χ0v) is 18.2. The Kier molecular flexibility index (Phi) is 8.00. The van der Waals surface area contributed by atoms with E-state index >= 15 is 0 Å². The molecule has 1 aliphatic heterocycles. The van der Waals surface area contributed by atoms with Gasteiger partial charge in [-0.15, -0.1) is 0 Å². The van der Waals surface area contributed by atoms with Crippen LogP contribution in [0.15, 0.2) is 48.5 Å². The number of nitrogens with zero attached hydrogens (tertiary/aromatic N) is 3. The fraction of sp³-hybridized carbons (Fsp3) is 0.417. The van der Waals surface area contributed by atoms with Crippen molar-refractivity contribution in [2.75, 3.05) is 46.4 Å². The molecule has 0 spiro atoms. The van der Waals surface area contributed by atoms with Crippen molar-refractivity contribution in [1.82, 2.24) is 14.7 Å². The molecule has 0 aliphatic carbocycles. The summed E-state index contributed by atoms with van der Waals surface area (Å²) in [5.41, 5.74) is 1.46. The Morgan fingerprint density at radius 3 is 2.23 bits per heavy atom. The summed E-state index contributed by atoms with van der Waals surface area (Å²) < 4.78 is 18.5. The molecule has 0 unspecified atom stereocenters. The molecule has 1 saturated heterocycles. The number of amides is 2. The summed E-state index contributed by atoms with van der Waals surface area (Å²) in [6.07, 6.45) is 0.530. The van der Waals surface area contributed by atoms with E-state index in [1.54, 1.807) is 48.4 Å². The van der Waals surface area contributed by atoms with Gasteiger partial charge in [0.2, 0.25) is 5.91 Å². The van der Waals surface area contributed by atoms with E-state index in [2.05, 4.69) is 4.90 Å². The van der Waals surface area contributed by atoms with Gasteiger partial charge >= 0.3 is 0 Å². The Morgan fingerprint density at radius 2 is 1.65 bits per heavy atom. The van der Waals surface area contributed by atoms with Gasteiger partial charge in [-0.1, -0.05) is 19.1 Å². The lowest BCUT2D eigenvalue weighted by atomic mass is 10.1. The monoisotopic (exact) mass is 427 g/mol. The third-order valence-electron chi connectivity index (χ3n) is 5.62. The van der Waals surface area contributed by atoms with Crippen LogP contribution in [0, 0.1) is 5.82 Å². The van der Waals surface area contributed by atoms with Crippen LogP contribution < -0.4 is 4.74 Å². The number of hydrogen-bond donors (Lipinski definition) is 0. The van der Waals surface area contributed by atoms with Gasteiger partial charge in [-0.05, 0) is 42.0 Å².